The van der Waals surface area contributed by atoms with E-state index in [1.807, 2.05) is 22.8 Å². The number of carbonyl (C=O) groups excluding carboxylic acids is 2. The topological polar surface area (TPSA) is 81.0 Å². The molecule has 0 radical (unpaired) electrons. The number of carbonyl (C=O) groups is 2. The lowest BCUT2D eigenvalue weighted by Crippen LogP contribution is -2.31. The fourth-order valence-electron chi connectivity index (χ4n) is 3.97. The van der Waals surface area contributed by atoms with Crippen molar-refractivity contribution in [3.63, 3.8) is 0 Å². The highest BCUT2D eigenvalue weighted by molar-refractivity contribution is 7.99. The second-order valence-electron chi connectivity index (χ2n) is 7.80. The molecule has 0 N–H and O–H groups in total. The first-order valence-electron chi connectivity index (χ1n) is 10.6. The Balaban J connectivity index is 1.43. The van der Waals surface area contributed by atoms with Crippen LogP contribution in [0.25, 0.3) is 17.2 Å². The van der Waals surface area contributed by atoms with E-state index in [9.17, 15) is 9.59 Å². The third kappa shape index (κ3) is 3.82. The zero-order valence-corrected chi connectivity index (χ0v) is 19.0. The first-order valence-corrected chi connectivity index (χ1v) is 11.6. The molecule has 7 nitrogen and oxygen atoms in total. The number of hydrogen-bond acceptors (Lipinski definition) is 6. The highest BCUT2D eigenvalue weighted by atomic mass is 32.2. The summed E-state index contributed by atoms with van der Waals surface area (Å²) in [6.07, 6.45) is 1.73. The van der Waals surface area contributed by atoms with E-state index < -0.39 is 0 Å². The summed E-state index contributed by atoms with van der Waals surface area (Å²) in [4.78, 5) is 31.1. The number of pyridine rings is 1. The van der Waals surface area contributed by atoms with Crippen molar-refractivity contribution in [1.82, 2.24) is 24.6 Å². The van der Waals surface area contributed by atoms with Gasteiger partial charge in [-0.05, 0) is 49.7 Å². The molecule has 3 heterocycles. The predicted octanol–water partition coefficient (Wildman–Crippen LogP) is 4.33. The Morgan fingerprint density at radius 2 is 1.61 bits per heavy atom. The van der Waals surface area contributed by atoms with Gasteiger partial charge in [0.15, 0.2) is 11.0 Å². The molecule has 1 aliphatic rings. The first kappa shape index (κ1) is 21.1. The van der Waals surface area contributed by atoms with Crippen molar-refractivity contribution in [2.45, 2.75) is 19.0 Å². The average Bonchev–Trinajstić information content (AvgIpc) is 3.35. The van der Waals surface area contributed by atoms with E-state index in [-0.39, 0.29) is 18.4 Å². The SMILES string of the molecule is Cc1ccc(-n2c(SCCN3C(=O)c4ccccc4C3=O)nnc2-c2ccccn2)c(C)c1. The first-order chi connectivity index (χ1) is 16.0. The van der Waals surface area contributed by atoms with E-state index in [4.69, 9.17) is 0 Å². The fourth-order valence-corrected chi connectivity index (χ4v) is 4.84. The normalized spacial score (nSPS) is 13.0. The van der Waals surface area contributed by atoms with Crippen LogP contribution in [-0.2, 0) is 0 Å². The summed E-state index contributed by atoms with van der Waals surface area (Å²) in [5.41, 5.74) is 4.87. The van der Waals surface area contributed by atoms with Crippen LogP contribution in [0.5, 0.6) is 0 Å². The molecule has 8 heteroatoms. The van der Waals surface area contributed by atoms with Gasteiger partial charge in [-0.3, -0.25) is 24.0 Å². The third-order valence-electron chi connectivity index (χ3n) is 5.54. The molecule has 1 aliphatic heterocycles. The largest absolute Gasteiger partial charge is 0.273 e. The van der Waals surface area contributed by atoms with Crippen LogP contribution in [0.4, 0.5) is 0 Å². The van der Waals surface area contributed by atoms with Gasteiger partial charge in [0, 0.05) is 18.5 Å². The quantitative estimate of drug-likeness (QED) is 0.318. The molecule has 33 heavy (non-hydrogen) atoms. The van der Waals surface area contributed by atoms with E-state index in [1.54, 1.807) is 30.5 Å². The summed E-state index contributed by atoms with van der Waals surface area (Å²) in [5, 5.41) is 9.52. The van der Waals surface area contributed by atoms with Crippen molar-refractivity contribution in [2.24, 2.45) is 0 Å². The Morgan fingerprint density at radius 1 is 0.879 bits per heavy atom. The molecule has 2 aromatic carbocycles. The Labute approximate surface area is 195 Å². The van der Waals surface area contributed by atoms with Gasteiger partial charge in [0.25, 0.3) is 11.8 Å². The zero-order valence-electron chi connectivity index (χ0n) is 18.2. The number of aromatic nitrogens is 4. The standard InChI is InChI=1S/C25H21N5O2S/c1-16-10-11-21(17(2)15-16)30-22(20-9-5-6-12-26-20)27-28-25(30)33-14-13-29-23(31)18-7-3-4-8-19(18)24(29)32/h3-12,15H,13-14H2,1-2H3. The molecule has 0 saturated carbocycles. The van der Waals surface area contributed by atoms with Gasteiger partial charge < -0.3 is 0 Å². The maximum Gasteiger partial charge on any atom is 0.261 e. The third-order valence-corrected chi connectivity index (χ3v) is 6.45. The van der Waals surface area contributed by atoms with E-state index in [0.717, 1.165) is 16.9 Å². The minimum atomic E-state index is -0.249. The molecular formula is C25H21N5O2S. The number of amides is 2. The van der Waals surface area contributed by atoms with Crippen LogP contribution in [-0.4, -0.2) is 48.8 Å². The zero-order chi connectivity index (χ0) is 22.9. The maximum absolute atomic E-state index is 12.7. The molecule has 2 aromatic heterocycles. The highest BCUT2D eigenvalue weighted by Crippen LogP contribution is 2.30. The molecule has 0 saturated heterocycles. The van der Waals surface area contributed by atoms with Crippen molar-refractivity contribution in [3.05, 3.63) is 89.1 Å². The van der Waals surface area contributed by atoms with Gasteiger partial charge >= 0.3 is 0 Å². The molecule has 0 atom stereocenters. The van der Waals surface area contributed by atoms with Gasteiger partial charge in [-0.2, -0.15) is 0 Å². The molecule has 0 unspecified atom stereocenters. The van der Waals surface area contributed by atoms with Crippen LogP contribution in [0, 0.1) is 13.8 Å². The Bertz CT molecular complexity index is 1330. The number of thioether (sulfide) groups is 1. The maximum atomic E-state index is 12.7. The molecule has 2 amide bonds. The van der Waals surface area contributed by atoms with Gasteiger partial charge in [-0.25, -0.2) is 0 Å². The average molecular weight is 456 g/mol. The molecular weight excluding hydrogens is 434 g/mol. The second-order valence-corrected chi connectivity index (χ2v) is 8.86. The van der Waals surface area contributed by atoms with E-state index in [0.29, 0.717) is 27.9 Å². The van der Waals surface area contributed by atoms with Crippen molar-refractivity contribution < 1.29 is 9.59 Å². The lowest BCUT2D eigenvalue weighted by atomic mass is 10.1. The number of imide groups is 1. The molecule has 0 aliphatic carbocycles. The summed E-state index contributed by atoms with van der Waals surface area (Å²) in [7, 11) is 0. The Hall–Kier alpha value is -3.78. The molecule has 0 bridgehead atoms. The Morgan fingerprint density at radius 3 is 2.27 bits per heavy atom. The highest BCUT2D eigenvalue weighted by Gasteiger charge is 2.34. The minimum absolute atomic E-state index is 0.249. The monoisotopic (exact) mass is 455 g/mol. The summed E-state index contributed by atoms with van der Waals surface area (Å²) >= 11 is 1.46. The molecule has 164 valence electrons. The van der Waals surface area contributed by atoms with Crippen molar-refractivity contribution in [1.29, 1.82) is 0 Å². The Kier molecular flexibility index (Phi) is 5.51. The number of nitrogens with zero attached hydrogens (tertiary/aromatic N) is 5. The lowest BCUT2D eigenvalue weighted by molar-refractivity contribution is 0.0664. The summed E-state index contributed by atoms with van der Waals surface area (Å²) in [5.74, 6) is 0.643. The fraction of sp³-hybridized carbons (Fsp3) is 0.160. The van der Waals surface area contributed by atoms with Gasteiger partial charge in [-0.1, -0.05) is 47.7 Å². The van der Waals surface area contributed by atoms with Crippen LogP contribution in [0.2, 0.25) is 0 Å². The van der Waals surface area contributed by atoms with Crippen LogP contribution in [0.15, 0.2) is 72.0 Å². The molecule has 0 fully saturated rings. The lowest BCUT2D eigenvalue weighted by Gasteiger charge is -2.15. The molecule has 5 rings (SSSR count). The van der Waals surface area contributed by atoms with Crippen LogP contribution in [0.1, 0.15) is 31.8 Å². The van der Waals surface area contributed by atoms with E-state index in [2.05, 4.69) is 47.2 Å². The predicted molar refractivity (Wildman–Crippen MR) is 127 cm³/mol. The summed E-state index contributed by atoms with van der Waals surface area (Å²) in [6, 6.07) is 18.8. The van der Waals surface area contributed by atoms with Crippen LogP contribution < -0.4 is 0 Å². The van der Waals surface area contributed by atoms with Crippen molar-refractivity contribution in [3.8, 4) is 17.2 Å². The molecule has 4 aromatic rings. The van der Waals surface area contributed by atoms with Gasteiger partial charge in [0.2, 0.25) is 0 Å². The second kappa shape index (κ2) is 8.63. The number of aryl methyl sites for hydroxylation is 2. The summed E-state index contributed by atoms with van der Waals surface area (Å²) in [6.45, 7) is 4.40. The van der Waals surface area contributed by atoms with Crippen LogP contribution in [0.3, 0.4) is 0 Å². The number of fused-ring (bicyclic) bond motifs is 1. The summed E-state index contributed by atoms with van der Waals surface area (Å²) < 4.78 is 1.99. The smallest absolute Gasteiger partial charge is 0.261 e. The molecule has 0 spiro atoms. The number of rotatable bonds is 6. The number of benzene rings is 2. The van der Waals surface area contributed by atoms with E-state index >= 15 is 0 Å². The van der Waals surface area contributed by atoms with E-state index in [1.165, 1.54) is 22.2 Å². The van der Waals surface area contributed by atoms with Crippen molar-refractivity contribution in [2.75, 3.05) is 12.3 Å². The van der Waals surface area contributed by atoms with Crippen molar-refractivity contribution >= 4 is 23.6 Å². The van der Waals surface area contributed by atoms with Crippen LogP contribution >= 0.6 is 11.8 Å². The van der Waals surface area contributed by atoms with Gasteiger partial charge in [0.1, 0.15) is 5.69 Å². The number of hydrogen-bond donors (Lipinski definition) is 0. The minimum Gasteiger partial charge on any atom is -0.273 e. The van der Waals surface area contributed by atoms with Gasteiger partial charge in [-0.15, -0.1) is 10.2 Å². The van der Waals surface area contributed by atoms with Gasteiger partial charge in [0.05, 0.1) is 16.8 Å².